The number of aromatic nitrogens is 2. The van der Waals surface area contributed by atoms with Gasteiger partial charge in [-0.05, 0) is 55.5 Å². The number of rotatable bonds is 9. The molecule has 0 bridgehead atoms. The van der Waals surface area contributed by atoms with Crippen LogP contribution in [0, 0.1) is 0 Å². The molecule has 0 atom stereocenters. The van der Waals surface area contributed by atoms with Crippen LogP contribution in [0.2, 0.25) is 10.0 Å². The van der Waals surface area contributed by atoms with Crippen LogP contribution in [0.1, 0.15) is 30.9 Å². The largest absolute Gasteiger partial charge is 0.467 e. The molecule has 0 amide bonds. The minimum absolute atomic E-state index is 0.214. The summed E-state index contributed by atoms with van der Waals surface area (Å²) >= 11 is 12.3. The van der Waals surface area contributed by atoms with Gasteiger partial charge in [0.1, 0.15) is 5.82 Å². The lowest BCUT2D eigenvalue weighted by molar-refractivity contribution is -0.154. The van der Waals surface area contributed by atoms with Gasteiger partial charge in [-0.1, -0.05) is 47.5 Å². The predicted molar refractivity (Wildman–Crippen MR) is 141 cm³/mol. The number of nitrogens with zero attached hydrogens (tertiary/aromatic N) is 2. The summed E-state index contributed by atoms with van der Waals surface area (Å²) < 4.78 is 16.4. The van der Waals surface area contributed by atoms with Crippen molar-refractivity contribution in [3.63, 3.8) is 0 Å². The summed E-state index contributed by atoms with van der Waals surface area (Å²) in [4.78, 5) is 22.0. The Bertz CT molecular complexity index is 1220. The van der Waals surface area contributed by atoms with Crippen molar-refractivity contribution in [3.8, 4) is 17.3 Å². The highest BCUT2D eigenvalue weighted by Crippen LogP contribution is 2.38. The molecule has 7 nitrogen and oxygen atoms in total. The fourth-order valence-electron chi connectivity index (χ4n) is 4.38. The van der Waals surface area contributed by atoms with Gasteiger partial charge in [-0.2, -0.15) is 9.97 Å². The first-order valence-corrected chi connectivity index (χ1v) is 12.7. The Kier molecular flexibility index (Phi) is 8.67. The standard InChI is InChI=1S/C27H29Cl2N3O4/c1-3-36-25(33)27(10-13-35-14-11-27)20-6-4-5-19(15-20)23-17-24(32-26(31-23)34-2)30-12-9-18-7-8-21(28)16-22(18)29/h4-8,15-17H,3,9-14H2,1-2H3,(H,30,31,32). The van der Waals surface area contributed by atoms with Crippen molar-refractivity contribution in [2.45, 2.75) is 31.6 Å². The maximum absolute atomic E-state index is 13.1. The van der Waals surface area contributed by atoms with Gasteiger partial charge in [-0.3, -0.25) is 4.79 Å². The molecule has 1 aliphatic rings. The molecule has 0 spiro atoms. The molecule has 0 saturated carbocycles. The van der Waals surface area contributed by atoms with Crippen molar-refractivity contribution >= 4 is 35.0 Å². The highest BCUT2D eigenvalue weighted by atomic mass is 35.5. The summed E-state index contributed by atoms with van der Waals surface area (Å²) in [5.41, 5.74) is 2.68. The van der Waals surface area contributed by atoms with E-state index in [1.807, 2.05) is 49.4 Å². The Morgan fingerprint density at radius 2 is 1.92 bits per heavy atom. The number of methoxy groups -OCH3 is 1. The molecule has 0 unspecified atom stereocenters. The molecule has 1 N–H and O–H groups in total. The minimum atomic E-state index is -0.736. The number of hydrogen-bond donors (Lipinski definition) is 1. The second-order valence-corrected chi connectivity index (χ2v) is 9.38. The third kappa shape index (κ3) is 5.91. The third-order valence-corrected chi connectivity index (χ3v) is 6.91. The number of nitrogens with one attached hydrogen (secondary N) is 1. The van der Waals surface area contributed by atoms with Crippen molar-refractivity contribution in [3.05, 3.63) is 69.7 Å². The average Bonchev–Trinajstić information content (AvgIpc) is 2.90. The van der Waals surface area contributed by atoms with Gasteiger partial charge in [-0.25, -0.2) is 0 Å². The number of anilines is 1. The molecule has 190 valence electrons. The van der Waals surface area contributed by atoms with Gasteiger partial charge in [0.05, 0.1) is 24.8 Å². The molecule has 9 heteroatoms. The maximum atomic E-state index is 13.1. The fourth-order valence-corrected chi connectivity index (χ4v) is 4.88. The van der Waals surface area contributed by atoms with Gasteiger partial charge < -0.3 is 19.5 Å². The molecule has 1 saturated heterocycles. The zero-order valence-electron chi connectivity index (χ0n) is 20.4. The minimum Gasteiger partial charge on any atom is -0.467 e. The van der Waals surface area contributed by atoms with E-state index in [-0.39, 0.29) is 12.0 Å². The van der Waals surface area contributed by atoms with Gasteiger partial charge in [0.25, 0.3) is 0 Å². The lowest BCUT2D eigenvalue weighted by Gasteiger charge is -2.35. The first-order valence-electron chi connectivity index (χ1n) is 11.9. The topological polar surface area (TPSA) is 82.6 Å². The zero-order chi connectivity index (χ0) is 25.5. The van der Waals surface area contributed by atoms with Crippen molar-refractivity contribution in [2.75, 3.05) is 38.8 Å². The quantitative estimate of drug-likeness (QED) is 0.354. The van der Waals surface area contributed by atoms with Crippen LogP contribution < -0.4 is 10.1 Å². The first kappa shape index (κ1) is 26.2. The van der Waals surface area contributed by atoms with Crippen LogP contribution in [-0.2, 0) is 26.1 Å². The van der Waals surface area contributed by atoms with Crippen molar-refractivity contribution in [1.82, 2.24) is 9.97 Å². The molecule has 1 fully saturated rings. The molecule has 3 aromatic rings. The Morgan fingerprint density at radius 1 is 1.11 bits per heavy atom. The van der Waals surface area contributed by atoms with Crippen LogP contribution >= 0.6 is 23.2 Å². The van der Waals surface area contributed by atoms with Crippen LogP contribution in [0.3, 0.4) is 0 Å². The van der Waals surface area contributed by atoms with Crippen LogP contribution in [0.4, 0.5) is 5.82 Å². The van der Waals surface area contributed by atoms with Crippen molar-refractivity contribution in [2.24, 2.45) is 0 Å². The van der Waals surface area contributed by atoms with Crippen LogP contribution in [-0.4, -0.2) is 49.4 Å². The molecule has 0 radical (unpaired) electrons. The Morgan fingerprint density at radius 3 is 2.64 bits per heavy atom. The molecular formula is C27H29Cl2N3O4. The molecule has 1 aromatic heterocycles. The molecule has 1 aliphatic heterocycles. The average molecular weight is 530 g/mol. The summed E-state index contributed by atoms with van der Waals surface area (Å²) in [6.45, 7) is 3.78. The summed E-state index contributed by atoms with van der Waals surface area (Å²) in [6, 6.07) is 15.5. The summed E-state index contributed by atoms with van der Waals surface area (Å²) in [6.07, 6.45) is 1.84. The Balaban J connectivity index is 1.59. The van der Waals surface area contributed by atoms with Crippen LogP contribution in [0.5, 0.6) is 6.01 Å². The molecule has 36 heavy (non-hydrogen) atoms. The number of carbonyl (C=O) groups excluding carboxylic acids is 1. The Hall–Kier alpha value is -2.87. The fraction of sp³-hybridized carbons (Fsp3) is 0.370. The summed E-state index contributed by atoms with van der Waals surface area (Å²) in [5.74, 6) is 0.410. The lowest BCUT2D eigenvalue weighted by Crippen LogP contribution is -2.42. The van der Waals surface area contributed by atoms with Crippen LogP contribution in [0.15, 0.2) is 48.5 Å². The maximum Gasteiger partial charge on any atom is 0.318 e. The van der Waals surface area contributed by atoms with E-state index < -0.39 is 5.41 Å². The SMILES string of the molecule is CCOC(=O)C1(c2cccc(-c3cc(NCCc4ccc(Cl)cc4Cl)nc(OC)n3)c2)CCOCC1. The summed E-state index contributed by atoms with van der Waals surface area (Å²) in [5, 5.41) is 4.56. The smallest absolute Gasteiger partial charge is 0.318 e. The van der Waals surface area contributed by atoms with E-state index in [1.165, 1.54) is 7.11 Å². The lowest BCUT2D eigenvalue weighted by atomic mass is 9.73. The van der Waals surface area contributed by atoms with E-state index in [4.69, 9.17) is 37.4 Å². The number of carbonyl (C=O) groups is 1. The monoisotopic (exact) mass is 529 g/mol. The highest BCUT2D eigenvalue weighted by molar-refractivity contribution is 6.35. The van der Waals surface area contributed by atoms with E-state index in [0.717, 1.165) is 16.7 Å². The number of esters is 1. The third-order valence-electron chi connectivity index (χ3n) is 6.33. The molecular weight excluding hydrogens is 501 g/mol. The van der Waals surface area contributed by atoms with E-state index in [9.17, 15) is 4.79 Å². The zero-order valence-corrected chi connectivity index (χ0v) is 21.9. The van der Waals surface area contributed by atoms with Crippen molar-refractivity contribution < 1.29 is 19.0 Å². The number of ether oxygens (including phenoxy) is 3. The van der Waals surface area contributed by atoms with Gasteiger partial charge in [0.2, 0.25) is 0 Å². The number of halogens is 2. The summed E-state index contributed by atoms with van der Waals surface area (Å²) in [7, 11) is 1.53. The van der Waals surface area contributed by atoms with Gasteiger partial charge in [-0.15, -0.1) is 0 Å². The second-order valence-electron chi connectivity index (χ2n) is 8.53. The number of hydrogen-bond acceptors (Lipinski definition) is 7. The van der Waals surface area contributed by atoms with Crippen molar-refractivity contribution in [1.29, 1.82) is 0 Å². The predicted octanol–water partition coefficient (Wildman–Crippen LogP) is 5.72. The highest BCUT2D eigenvalue weighted by Gasteiger charge is 2.43. The van der Waals surface area contributed by atoms with E-state index in [1.54, 1.807) is 6.07 Å². The van der Waals surface area contributed by atoms with E-state index in [2.05, 4.69) is 15.3 Å². The normalized spacial score (nSPS) is 14.8. The van der Waals surface area contributed by atoms with Crippen LogP contribution in [0.25, 0.3) is 11.3 Å². The Labute approximate surface area is 221 Å². The molecule has 4 rings (SSSR count). The van der Waals surface area contributed by atoms with E-state index >= 15 is 0 Å². The first-order chi connectivity index (χ1) is 17.4. The molecule has 2 aromatic carbocycles. The van der Waals surface area contributed by atoms with Gasteiger partial charge in [0, 0.05) is 41.4 Å². The van der Waals surface area contributed by atoms with E-state index in [0.29, 0.717) is 67.2 Å². The molecule has 2 heterocycles. The molecule has 0 aliphatic carbocycles. The van der Waals surface area contributed by atoms with Gasteiger partial charge in [0.15, 0.2) is 0 Å². The second kappa shape index (κ2) is 11.9. The number of benzene rings is 2. The van der Waals surface area contributed by atoms with Gasteiger partial charge >= 0.3 is 12.0 Å².